The summed E-state index contributed by atoms with van der Waals surface area (Å²) in [5, 5.41) is 13.1. The van der Waals surface area contributed by atoms with E-state index in [4.69, 9.17) is 14.2 Å². The highest BCUT2D eigenvalue weighted by atomic mass is 32.2. The van der Waals surface area contributed by atoms with E-state index in [0.717, 1.165) is 44.0 Å². The van der Waals surface area contributed by atoms with Crippen molar-refractivity contribution in [2.75, 3.05) is 5.75 Å². The first-order chi connectivity index (χ1) is 26.3. The van der Waals surface area contributed by atoms with Gasteiger partial charge < -0.3 is 24.6 Å². The predicted molar refractivity (Wildman–Crippen MR) is 204 cm³/mol. The van der Waals surface area contributed by atoms with Crippen molar-refractivity contribution in [2.45, 2.75) is 62.7 Å². The molecule has 5 atom stereocenters. The molecule has 1 aromatic heterocycles. The summed E-state index contributed by atoms with van der Waals surface area (Å²) in [7, 11) is 0. The number of imide groups is 1. The SMILES string of the molecule is C[C@H]1[C@@H](CSc2ccccn2)O[C@@H](c2cccc(-c3cccc(CN4C(=O)CC(NC(=O)OCc5ccccc5)C4=O)c3)c2)O[C@H]1c1ccc(CO)cc1. The van der Waals surface area contributed by atoms with Crippen molar-refractivity contribution >= 4 is 29.7 Å². The number of carbonyl (C=O) groups excluding carboxylic acids is 3. The summed E-state index contributed by atoms with van der Waals surface area (Å²) in [6.07, 6.45) is -0.146. The molecule has 7 rings (SSSR count). The summed E-state index contributed by atoms with van der Waals surface area (Å²) < 4.78 is 18.6. The lowest BCUT2D eigenvalue weighted by Gasteiger charge is -2.41. The Bertz CT molecular complexity index is 2070. The first kappa shape index (κ1) is 37.0. The highest BCUT2D eigenvalue weighted by Crippen LogP contribution is 2.43. The van der Waals surface area contributed by atoms with E-state index in [-0.39, 0.29) is 50.2 Å². The molecule has 4 aromatic carbocycles. The molecule has 2 N–H and O–H groups in total. The van der Waals surface area contributed by atoms with Gasteiger partial charge in [-0.25, -0.2) is 9.78 Å². The monoisotopic (exact) mass is 743 g/mol. The molecule has 0 spiro atoms. The lowest BCUT2D eigenvalue weighted by atomic mass is 9.91. The number of nitrogens with zero attached hydrogens (tertiary/aromatic N) is 2. The van der Waals surface area contributed by atoms with Crippen molar-refractivity contribution in [1.82, 2.24) is 15.2 Å². The molecule has 0 aliphatic carbocycles. The number of aliphatic hydroxyl groups is 1. The van der Waals surface area contributed by atoms with Crippen LogP contribution in [0.15, 0.2) is 133 Å². The van der Waals surface area contributed by atoms with E-state index in [1.54, 1.807) is 18.0 Å². The summed E-state index contributed by atoms with van der Waals surface area (Å²) in [5.41, 5.74) is 6.10. The molecule has 276 valence electrons. The van der Waals surface area contributed by atoms with E-state index >= 15 is 0 Å². The Balaban J connectivity index is 1.05. The summed E-state index contributed by atoms with van der Waals surface area (Å²) in [6.45, 7) is 2.24. The smallest absolute Gasteiger partial charge is 0.408 e. The van der Waals surface area contributed by atoms with Crippen molar-refractivity contribution in [3.8, 4) is 11.1 Å². The van der Waals surface area contributed by atoms with Crippen molar-refractivity contribution < 1.29 is 33.7 Å². The van der Waals surface area contributed by atoms with Gasteiger partial charge in [0.15, 0.2) is 6.29 Å². The first-order valence-electron chi connectivity index (χ1n) is 17.9. The van der Waals surface area contributed by atoms with Crippen LogP contribution in [0.25, 0.3) is 11.1 Å². The maximum absolute atomic E-state index is 13.2. The Morgan fingerprint density at radius 1 is 0.852 bits per heavy atom. The van der Waals surface area contributed by atoms with Gasteiger partial charge >= 0.3 is 6.09 Å². The maximum Gasteiger partial charge on any atom is 0.408 e. The lowest BCUT2D eigenvalue weighted by molar-refractivity contribution is -0.268. The fraction of sp³-hybridized carbons (Fsp3) is 0.256. The Morgan fingerprint density at radius 2 is 1.59 bits per heavy atom. The number of nitrogens with one attached hydrogen (secondary N) is 1. The van der Waals surface area contributed by atoms with E-state index in [2.05, 4.69) is 17.2 Å². The minimum Gasteiger partial charge on any atom is -0.445 e. The number of aliphatic hydroxyl groups excluding tert-OH is 1. The zero-order chi connectivity index (χ0) is 37.4. The number of aromatic nitrogens is 1. The van der Waals surface area contributed by atoms with Crippen molar-refractivity contribution in [1.29, 1.82) is 0 Å². The number of thioether (sulfide) groups is 1. The van der Waals surface area contributed by atoms with Crippen LogP contribution in [0.2, 0.25) is 0 Å². The topological polar surface area (TPSA) is 127 Å². The summed E-state index contributed by atoms with van der Waals surface area (Å²) in [6, 6.07) is 37.6. The minimum absolute atomic E-state index is 0.0290. The maximum atomic E-state index is 13.2. The second-order valence-electron chi connectivity index (χ2n) is 13.4. The van der Waals surface area contributed by atoms with Crippen molar-refractivity contribution in [3.05, 3.63) is 155 Å². The van der Waals surface area contributed by atoms with E-state index < -0.39 is 24.3 Å². The number of hydrogen-bond acceptors (Lipinski definition) is 9. The third-order valence-corrected chi connectivity index (χ3v) is 10.7. The largest absolute Gasteiger partial charge is 0.445 e. The van der Waals surface area contributed by atoms with Crippen LogP contribution in [-0.2, 0) is 43.6 Å². The summed E-state index contributed by atoms with van der Waals surface area (Å²) in [5.74, 6) is -0.119. The highest BCUT2D eigenvalue weighted by Gasteiger charge is 2.40. The number of likely N-dealkylation sites (tertiary alicyclic amines) is 1. The van der Waals surface area contributed by atoms with Crippen LogP contribution in [0.3, 0.4) is 0 Å². The number of pyridine rings is 1. The van der Waals surface area contributed by atoms with Gasteiger partial charge in [0.1, 0.15) is 12.6 Å². The number of carbonyl (C=O) groups is 3. The molecule has 1 unspecified atom stereocenters. The van der Waals surface area contributed by atoms with Gasteiger partial charge in [-0.1, -0.05) is 104 Å². The van der Waals surface area contributed by atoms with Gasteiger partial charge in [0, 0.05) is 23.4 Å². The third-order valence-electron chi connectivity index (χ3n) is 9.67. The Kier molecular flexibility index (Phi) is 11.8. The second kappa shape index (κ2) is 17.2. The molecule has 2 aliphatic heterocycles. The van der Waals surface area contributed by atoms with Gasteiger partial charge in [-0.3, -0.25) is 14.5 Å². The van der Waals surface area contributed by atoms with E-state index in [1.165, 1.54) is 4.90 Å². The molecule has 10 nitrogen and oxygen atoms in total. The highest BCUT2D eigenvalue weighted by molar-refractivity contribution is 7.99. The van der Waals surface area contributed by atoms with Crippen LogP contribution >= 0.6 is 11.8 Å². The molecule has 5 aromatic rings. The molecule has 54 heavy (non-hydrogen) atoms. The average Bonchev–Trinajstić information content (AvgIpc) is 3.47. The van der Waals surface area contributed by atoms with E-state index in [0.29, 0.717) is 5.75 Å². The van der Waals surface area contributed by atoms with Crippen molar-refractivity contribution in [3.63, 3.8) is 0 Å². The summed E-state index contributed by atoms with van der Waals surface area (Å²) in [4.78, 5) is 44.3. The fourth-order valence-corrected chi connectivity index (χ4v) is 7.70. The average molecular weight is 744 g/mol. The van der Waals surface area contributed by atoms with E-state index in [9.17, 15) is 19.5 Å². The number of hydrogen-bond donors (Lipinski definition) is 2. The third kappa shape index (κ3) is 8.88. The lowest BCUT2D eigenvalue weighted by Crippen LogP contribution is -2.41. The fourth-order valence-electron chi connectivity index (χ4n) is 6.68. The van der Waals surface area contributed by atoms with E-state index in [1.807, 2.05) is 121 Å². The molecular weight excluding hydrogens is 703 g/mol. The molecule has 11 heteroatoms. The van der Waals surface area contributed by atoms with Crippen LogP contribution in [0.1, 0.15) is 53.6 Å². The number of rotatable bonds is 12. The standard InChI is InChI=1S/C43H41N3O7S/c1-28-37(27-54-38-15-5-6-20-44-38)52-42(53-40(28)32-18-16-29(25-47)17-19-32)35-14-8-13-34(22-35)33-12-7-11-31(21-33)24-46-39(48)23-36(41(46)49)45-43(50)51-26-30-9-3-2-4-10-30/h2-22,28,36-37,40,42,47H,23-27H2,1H3,(H,45,50)/t28-,36?,37+,40+,42+/m0/s1. The van der Waals surface area contributed by atoms with Crippen LogP contribution < -0.4 is 5.32 Å². The molecule has 2 saturated heterocycles. The van der Waals surface area contributed by atoms with Gasteiger partial charge in [0.05, 0.1) is 36.8 Å². The van der Waals surface area contributed by atoms with Gasteiger partial charge in [-0.2, -0.15) is 0 Å². The van der Waals surface area contributed by atoms with Crippen molar-refractivity contribution in [2.24, 2.45) is 5.92 Å². The zero-order valence-electron chi connectivity index (χ0n) is 29.7. The Morgan fingerprint density at radius 3 is 2.35 bits per heavy atom. The molecule has 2 aliphatic rings. The van der Waals surface area contributed by atoms with Crippen LogP contribution in [0.5, 0.6) is 0 Å². The van der Waals surface area contributed by atoms with Gasteiger partial charge in [-0.15, -0.1) is 11.8 Å². The molecule has 0 bridgehead atoms. The number of ether oxygens (including phenoxy) is 3. The van der Waals surface area contributed by atoms with Crippen LogP contribution in [0.4, 0.5) is 4.79 Å². The zero-order valence-corrected chi connectivity index (χ0v) is 30.6. The van der Waals surface area contributed by atoms with Crippen LogP contribution in [-0.4, -0.2) is 50.8 Å². The minimum atomic E-state index is -0.985. The van der Waals surface area contributed by atoms with Crippen LogP contribution in [0, 0.1) is 5.92 Å². The molecule has 0 radical (unpaired) electrons. The first-order valence-corrected chi connectivity index (χ1v) is 18.9. The van der Waals surface area contributed by atoms with Gasteiger partial charge in [0.2, 0.25) is 5.91 Å². The predicted octanol–water partition coefficient (Wildman–Crippen LogP) is 7.38. The molecule has 0 saturated carbocycles. The Hall–Kier alpha value is -5.33. The quantitative estimate of drug-likeness (QED) is 0.0995. The summed E-state index contributed by atoms with van der Waals surface area (Å²) >= 11 is 1.65. The molecule has 3 heterocycles. The van der Waals surface area contributed by atoms with Gasteiger partial charge in [0.25, 0.3) is 5.91 Å². The molecule has 3 amide bonds. The van der Waals surface area contributed by atoms with Gasteiger partial charge in [-0.05, 0) is 57.6 Å². The molecule has 2 fully saturated rings. The Labute approximate surface area is 318 Å². The number of amides is 3. The number of benzene rings is 4. The second-order valence-corrected chi connectivity index (χ2v) is 14.4. The number of alkyl carbamates (subject to hydrolysis) is 1. The normalized spacial score (nSPS) is 21.2. The molecular formula is C43H41N3O7S.